The van der Waals surface area contributed by atoms with Crippen LogP contribution in [0.1, 0.15) is 24.8 Å². The van der Waals surface area contributed by atoms with Gasteiger partial charge in [-0.25, -0.2) is 0 Å². The zero-order valence-corrected chi connectivity index (χ0v) is 11.6. The van der Waals surface area contributed by atoms with E-state index in [2.05, 4.69) is 5.32 Å². The maximum absolute atomic E-state index is 11.5. The second-order valence-electron chi connectivity index (χ2n) is 4.61. The molecule has 0 aromatic heterocycles. The number of carbonyl (C=O) groups is 1. The third kappa shape index (κ3) is 2.45. The minimum absolute atomic E-state index is 0.0447. The summed E-state index contributed by atoms with van der Waals surface area (Å²) in [6.45, 7) is 1.98. The summed E-state index contributed by atoms with van der Waals surface area (Å²) in [6.07, 6.45) is 0.445. The van der Waals surface area contributed by atoms with Gasteiger partial charge in [0, 0.05) is 36.1 Å². The summed E-state index contributed by atoms with van der Waals surface area (Å²) >= 11 is 0. The van der Waals surface area contributed by atoms with Crippen molar-refractivity contribution in [3.05, 3.63) is 17.7 Å². The number of hydrogen-bond donors (Lipinski definition) is 1. The Labute approximate surface area is 112 Å². The molecule has 0 saturated carbocycles. The van der Waals surface area contributed by atoms with Gasteiger partial charge in [-0.2, -0.15) is 0 Å². The molecule has 2 unspecified atom stereocenters. The zero-order valence-electron chi connectivity index (χ0n) is 11.6. The number of methoxy groups -OCH3 is 3. The Kier molecular flexibility index (Phi) is 3.83. The first kappa shape index (κ1) is 13.5. The first-order chi connectivity index (χ1) is 9.10. The average molecular weight is 265 g/mol. The largest absolute Gasteiger partial charge is 0.496 e. The van der Waals surface area contributed by atoms with Gasteiger partial charge in [-0.15, -0.1) is 0 Å². The van der Waals surface area contributed by atoms with E-state index in [1.165, 1.54) is 0 Å². The maximum Gasteiger partial charge on any atom is 0.220 e. The van der Waals surface area contributed by atoms with Crippen molar-refractivity contribution in [2.24, 2.45) is 0 Å². The Bertz CT molecular complexity index is 461. The second kappa shape index (κ2) is 5.38. The Morgan fingerprint density at radius 3 is 2.05 bits per heavy atom. The molecule has 1 aromatic carbocycles. The van der Waals surface area contributed by atoms with Gasteiger partial charge in [0.1, 0.15) is 17.2 Å². The van der Waals surface area contributed by atoms with Crippen LogP contribution in [0.15, 0.2) is 12.1 Å². The Morgan fingerprint density at radius 2 is 1.68 bits per heavy atom. The summed E-state index contributed by atoms with van der Waals surface area (Å²) in [5.41, 5.74) is 0.914. The molecule has 0 spiro atoms. The van der Waals surface area contributed by atoms with Crippen molar-refractivity contribution in [3.8, 4) is 17.2 Å². The second-order valence-corrected chi connectivity index (χ2v) is 4.61. The molecule has 1 heterocycles. The molecule has 1 aliphatic rings. The molecule has 0 aliphatic carbocycles. The lowest BCUT2D eigenvalue weighted by molar-refractivity contribution is -0.119. The van der Waals surface area contributed by atoms with Crippen molar-refractivity contribution in [1.29, 1.82) is 0 Å². The van der Waals surface area contributed by atoms with Crippen LogP contribution in [0.5, 0.6) is 17.2 Å². The monoisotopic (exact) mass is 265 g/mol. The number of hydrogen-bond acceptors (Lipinski definition) is 4. The van der Waals surface area contributed by atoms with Gasteiger partial charge in [-0.3, -0.25) is 4.79 Å². The number of carbonyl (C=O) groups excluding carboxylic acids is 1. The molecule has 19 heavy (non-hydrogen) atoms. The SMILES string of the molecule is COc1cc(OC)c(C2CC(=O)NC2C)c(OC)c1. The van der Waals surface area contributed by atoms with Gasteiger partial charge in [0.2, 0.25) is 5.91 Å². The fourth-order valence-corrected chi connectivity index (χ4v) is 2.54. The van der Waals surface area contributed by atoms with Gasteiger partial charge in [0.25, 0.3) is 0 Å². The van der Waals surface area contributed by atoms with Gasteiger partial charge >= 0.3 is 0 Å². The summed E-state index contributed by atoms with van der Waals surface area (Å²) in [5, 5.41) is 2.92. The molecule has 2 rings (SSSR count). The molecular formula is C14H19NO4. The van der Waals surface area contributed by atoms with Gasteiger partial charge in [-0.1, -0.05) is 0 Å². The number of amides is 1. The van der Waals surface area contributed by atoms with Crippen molar-refractivity contribution >= 4 is 5.91 Å². The summed E-state index contributed by atoms with van der Waals surface area (Å²) < 4.78 is 16.1. The minimum atomic E-state index is 0.0447. The summed E-state index contributed by atoms with van der Waals surface area (Å²) in [4.78, 5) is 11.5. The van der Waals surface area contributed by atoms with E-state index in [0.29, 0.717) is 23.7 Å². The van der Waals surface area contributed by atoms with Gasteiger partial charge in [-0.05, 0) is 6.92 Å². The molecule has 5 nitrogen and oxygen atoms in total. The lowest BCUT2D eigenvalue weighted by Crippen LogP contribution is -2.24. The Morgan fingerprint density at radius 1 is 1.11 bits per heavy atom. The van der Waals surface area contributed by atoms with Gasteiger partial charge < -0.3 is 19.5 Å². The predicted octanol–water partition coefficient (Wildman–Crippen LogP) is 1.70. The van der Waals surface area contributed by atoms with Crippen molar-refractivity contribution < 1.29 is 19.0 Å². The van der Waals surface area contributed by atoms with E-state index in [1.54, 1.807) is 21.3 Å². The molecule has 1 fully saturated rings. The van der Waals surface area contributed by atoms with E-state index < -0.39 is 0 Å². The summed E-state index contributed by atoms with van der Waals surface area (Å²) in [5.74, 6) is 2.14. The number of ether oxygens (including phenoxy) is 3. The molecule has 5 heteroatoms. The molecule has 1 N–H and O–H groups in total. The molecule has 1 aliphatic heterocycles. The topological polar surface area (TPSA) is 56.8 Å². The summed E-state index contributed by atoms with van der Waals surface area (Å²) in [7, 11) is 4.80. The third-order valence-electron chi connectivity index (χ3n) is 3.52. The van der Waals surface area contributed by atoms with Crippen LogP contribution in [0.4, 0.5) is 0 Å². The van der Waals surface area contributed by atoms with Crippen LogP contribution < -0.4 is 19.5 Å². The fourth-order valence-electron chi connectivity index (χ4n) is 2.54. The van der Waals surface area contributed by atoms with Crippen molar-refractivity contribution in [2.75, 3.05) is 21.3 Å². The predicted molar refractivity (Wildman–Crippen MR) is 71.1 cm³/mol. The van der Waals surface area contributed by atoms with Gasteiger partial charge in [0.15, 0.2) is 0 Å². The minimum Gasteiger partial charge on any atom is -0.496 e. The first-order valence-electron chi connectivity index (χ1n) is 6.20. The lowest BCUT2D eigenvalue weighted by atomic mass is 9.91. The van der Waals surface area contributed by atoms with Crippen LogP contribution in [0.25, 0.3) is 0 Å². The van der Waals surface area contributed by atoms with Crippen LogP contribution in [0.2, 0.25) is 0 Å². The van der Waals surface area contributed by atoms with Gasteiger partial charge in [0.05, 0.1) is 21.3 Å². The molecular weight excluding hydrogens is 246 g/mol. The van der Waals surface area contributed by atoms with Crippen LogP contribution in [-0.2, 0) is 4.79 Å². The number of nitrogens with one attached hydrogen (secondary N) is 1. The molecule has 1 saturated heterocycles. The van der Waals surface area contributed by atoms with Crippen LogP contribution in [0.3, 0.4) is 0 Å². The number of benzene rings is 1. The quantitative estimate of drug-likeness (QED) is 0.900. The lowest BCUT2D eigenvalue weighted by Gasteiger charge is -2.21. The number of rotatable bonds is 4. The highest BCUT2D eigenvalue weighted by Gasteiger charge is 2.34. The molecule has 104 valence electrons. The fraction of sp³-hybridized carbons (Fsp3) is 0.500. The third-order valence-corrected chi connectivity index (χ3v) is 3.52. The normalized spacial score (nSPS) is 22.0. The van der Waals surface area contributed by atoms with E-state index in [-0.39, 0.29) is 17.9 Å². The van der Waals surface area contributed by atoms with E-state index in [1.807, 2.05) is 19.1 Å². The highest BCUT2D eigenvalue weighted by Crippen LogP contribution is 2.43. The van der Waals surface area contributed by atoms with E-state index in [9.17, 15) is 4.79 Å². The summed E-state index contributed by atoms with van der Waals surface area (Å²) in [6, 6.07) is 3.68. The molecule has 1 aromatic rings. The molecule has 0 radical (unpaired) electrons. The van der Waals surface area contributed by atoms with Crippen LogP contribution >= 0.6 is 0 Å². The van der Waals surface area contributed by atoms with Crippen molar-refractivity contribution in [3.63, 3.8) is 0 Å². The Hall–Kier alpha value is -1.91. The average Bonchev–Trinajstić information content (AvgIpc) is 2.75. The van der Waals surface area contributed by atoms with Crippen molar-refractivity contribution in [1.82, 2.24) is 5.32 Å². The van der Waals surface area contributed by atoms with Crippen LogP contribution in [0, 0.1) is 0 Å². The van der Waals surface area contributed by atoms with E-state index in [0.717, 1.165) is 5.56 Å². The molecule has 0 bridgehead atoms. The highest BCUT2D eigenvalue weighted by molar-refractivity contribution is 5.81. The van der Waals surface area contributed by atoms with Crippen molar-refractivity contribution in [2.45, 2.75) is 25.3 Å². The molecule has 2 atom stereocenters. The van der Waals surface area contributed by atoms with E-state index >= 15 is 0 Å². The van der Waals surface area contributed by atoms with E-state index in [4.69, 9.17) is 14.2 Å². The first-order valence-corrected chi connectivity index (χ1v) is 6.20. The highest BCUT2D eigenvalue weighted by atomic mass is 16.5. The molecule has 1 amide bonds. The van der Waals surface area contributed by atoms with Crippen LogP contribution in [-0.4, -0.2) is 33.3 Å². The standard InChI is InChI=1S/C14H19NO4/c1-8-10(7-13(16)15-8)14-11(18-3)5-9(17-2)6-12(14)19-4/h5-6,8,10H,7H2,1-4H3,(H,15,16). The maximum atomic E-state index is 11.5. The Balaban J connectivity index is 2.51. The smallest absolute Gasteiger partial charge is 0.220 e. The zero-order chi connectivity index (χ0) is 14.0.